The summed E-state index contributed by atoms with van der Waals surface area (Å²) in [4.78, 5) is 55.4. The zero-order valence-electron chi connectivity index (χ0n) is 13.9. The number of hydrogen-bond acceptors (Lipinski definition) is 6. The lowest BCUT2D eigenvalue weighted by Gasteiger charge is -2.39. The molecule has 1 aliphatic rings. The molecule has 0 bridgehead atoms. The molecule has 4 amide bonds. The molecule has 1 aliphatic heterocycles. The quantitative estimate of drug-likeness (QED) is 0.619. The standard InChI is InChI=1S/C18H12N4O4/c1-11-3-5-15(13(7-11)19-9-23)21-17(25)22(18(21)26)16-6-4-12(2)8-14(16)20-10-24/h3-8H,1-2H3. The monoisotopic (exact) mass is 348 g/mol. The van der Waals surface area contributed by atoms with Crippen LogP contribution in [0.4, 0.5) is 32.3 Å². The number of carbonyl (C=O) groups excluding carboxylic acids is 4. The maximum atomic E-state index is 12.6. The lowest BCUT2D eigenvalue weighted by Crippen LogP contribution is -2.65. The van der Waals surface area contributed by atoms with Crippen LogP contribution >= 0.6 is 0 Å². The maximum absolute atomic E-state index is 12.6. The van der Waals surface area contributed by atoms with Gasteiger partial charge in [0.25, 0.3) is 0 Å². The Morgan fingerprint density at radius 3 is 1.46 bits per heavy atom. The highest BCUT2D eigenvalue weighted by Gasteiger charge is 2.47. The summed E-state index contributed by atoms with van der Waals surface area (Å²) in [5.41, 5.74) is 2.30. The van der Waals surface area contributed by atoms with Crippen LogP contribution in [0.5, 0.6) is 0 Å². The Morgan fingerprint density at radius 1 is 0.731 bits per heavy atom. The van der Waals surface area contributed by atoms with Gasteiger partial charge in [-0.05, 0) is 49.2 Å². The van der Waals surface area contributed by atoms with Crippen LogP contribution in [0.2, 0.25) is 0 Å². The van der Waals surface area contributed by atoms with Crippen molar-refractivity contribution in [2.45, 2.75) is 13.8 Å². The lowest BCUT2D eigenvalue weighted by atomic mass is 10.1. The number of benzene rings is 2. The highest BCUT2D eigenvalue weighted by atomic mass is 16.2. The normalized spacial score (nSPS) is 13.0. The van der Waals surface area contributed by atoms with E-state index in [4.69, 9.17) is 0 Å². The van der Waals surface area contributed by atoms with E-state index < -0.39 is 12.1 Å². The Kier molecular flexibility index (Phi) is 4.29. The molecular weight excluding hydrogens is 336 g/mol. The van der Waals surface area contributed by atoms with Crippen molar-refractivity contribution in [1.82, 2.24) is 0 Å². The minimum absolute atomic E-state index is 0.163. The highest BCUT2D eigenvalue weighted by molar-refractivity contribution is 6.42. The van der Waals surface area contributed by atoms with Crippen molar-refractivity contribution in [1.29, 1.82) is 0 Å². The SMILES string of the molecule is Cc1ccc(N2C(=O)N(c3ccc(C)cc3N=C=O)C2=O)c(N=C=O)c1. The second-order valence-electron chi connectivity index (χ2n) is 5.63. The minimum atomic E-state index is -0.646. The first-order chi connectivity index (χ1) is 12.5. The van der Waals surface area contributed by atoms with Crippen LogP contribution in [-0.2, 0) is 9.59 Å². The molecule has 2 aromatic rings. The summed E-state index contributed by atoms with van der Waals surface area (Å²) in [6, 6.07) is 8.28. The van der Waals surface area contributed by atoms with E-state index in [1.54, 1.807) is 38.1 Å². The Hall–Kier alpha value is -3.86. The first-order valence-electron chi connectivity index (χ1n) is 7.53. The molecule has 0 spiro atoms. The third-order valence-corrected chi connectivity index (χ3v) is 3.84. The summed E-state index contributed by atoms with van der Waals surface area (Å²) >= 11 is 0. The van der Waals surface area contributed by atoms with Gasteiger partial charge in [0.2, 0.25) is 12.2 Å². The number of imide groups is 2. The Labute approximate surface area is 148 Å². The number of aliphatic imine (C=N–C) groups is 2. The van der Waals surface area contributed by atoms with E-state index in [1.165, 1.54) is 24.3 Å². The van der Waals surface area contributed by atoms with Crippen molar-refractivity contribution in [3.63, 3.8) is 0 Å². The molecule has 0 aromatic heterocycles. The van der Waals surface area contributed by atoms with Gasteiger partial charge in [0.15, 0.2) is 0 Å². The summed E-state index contributed by atoms with van der Waals surface area (Å²) < 4.78 is 0. The molecule has 0 atom stereocenters. The molecular formula is C18H12N4O4. The summed E-state index contributed by atoms with van der Waals surface area (Å²) in [5.74, 6) is 0. The zero-order chi connectivity index (χ0) is 18.8. The molecule has 0 aliphatic carbocycles. The first kappa shape index (κ1) is 17.0. The smallest absolute Gasteiger partial charge is 0.246 e. The van der Waals surface area contributed by atoms with Crippen LogP contribution in [0, 0.1) is 13.8 Å². The van der Waals surface area contributed by atoms with Crippen LogP contribution in [0.25, 0.3) is 0 Å². The van der Waals surface area contributed by atoms with Crippen LogP contribution in [0.3, 0.4) is 0 Å². The number of aryl methyl sites for hydroxylation is 2. The van der Waals surface area contributed by atoms with Gasteiger partial charge in [-0.2, -0.15) is 9.98 Å². The van der Waals surface area contributed by atoms with Crippen molar-refractivity contribution in [2.75, 3.05) is 9.80 Å². The predicted octanol–water partition coefficient (Wildman–Crippen LogP) is 3.80. The van der Waals surface area contributed by atoms with E-state index in [9.17, 15) is 19.2 Å². The molecule has 128 valence electrons. The molecule has 8 nitrogen and oxygen atoms in total. The van der Waals surface area contributed by atoms with Crippen LogP contribution in [0.15, 0.2) is 46.4 Å². The third-order valence-electron chi connectivity index (χ3n) is 3.84. The highest BCUT2D eigenvalue weighted by Crippen LogP contribution is 2.40. The topological polar surface area (TPSA) is 99.5 Å². The Bertz CT molecular complexity index is 938. The van der Waals surface area contributed by atoms with Gasteiger partial charge in [0, 0.05) is 0 Å². The van der Waals surface area contributed by atoms with E-state index in [-0.39, 0.29) is 22.7 Å². The van der Waals surface area contributed by atoms with Gasteiger partial charge in [0.1, 0.15) is 11.4 Å². The number of amides is 4. The van der Waals surface area contributed by atoms with Gasteiger partial charge in [-0.3, -0.25) is 0 Å². The molecule has 0 N–H and O–H groups in total. The van der Waals surface area contributed by atoms with Gasteiger partial charge < -0.3 is 0 Å². The van der Waals surface area contributed by atoms with E-state index in [0.29, 0.717) is 0 Å². The molecule has 0 radical (unpaired) electrons. The van der Waals surface area contributed by atoms with E-state index in [0.717, 1.165) is 20.9 Å². The molecule has 26 heavy (non-hydrogen) atoms. The molecule has 0 saturated carbocycles. The van der Waals surface area contributed by atoms with Crippen molar-refractivity contribution in [3.05, 3.63) is 47.5 Å². The van der Waals surface area contributed by atoms with Crippen molar-refractivity contribution < 1.29 is 19.2 Å². The summed E-state index contributed by atoms with van der Waals surface area (Å²) in [6.07, 6.45) is 2.83. The summed E-state index contributed by atoms with van der Waals surface area (Å²) in [5, 5.41) is 0. The molecule has 1 saturated heterocycles. The van der Waals surface area contributed by atoms with Crippen LogP contribution < -0.4 is 9.80 Å². The first-order valence-corrected chi connectivity index (χ1v) is 7.53. The second kappa shape index (κ2) is 6.57. The van der Waals surface area contributed by atoms with Gasteiger partial charge in [-0.1, -0.05) is 12.1 Å². The molecule has 0 unspecified atom stereocenters. The molecule has 1 heterocycles. The lowest BCUT2D eigenvalue weighted by molar-refractivity contribution is 0.226. The minimum Gasteiger partial charge on any atom is -0.246 e. The number of carbonyl (C=O) groups is 2. The van der Waals surface area contributed by atoms with Gasteiger partial charge in [-0.15, -0.1) is 0 Å². The predicted molar refractivity (Wildman–Crippen MR) is 93.7 cm³/mol. The number of hydrogen-bond donors (Lipinski definition) is 0. The van der Waals surface area contributed by atoms with E-state index in [2.05, 4.69) is 9.98 Å². The van der Waals surface area contributed by atoms with Gasteiger partial charge in [0.05, 0.1) is 11.4 Å². The van der Waals surface area contributed by atoms with E-state index >= 15 is 0 Å². The summed E-state index contributed by atoms with van der Waals surface area (Å²) in [6.45, 7) is 3.57. The van der Waals surface area contributed by atoms with Crippen molar-refractivity contribution in [3.8, 4) is 0 Å². The zero-order valence-corrected chi connectivity index (χ0v) is 13.9. The number of isocyanates is 2. The molecule has 8 heteroatoms. The molecule has 1 fully saturated rings. The van der Waals surface area contributed by atoms with Crippen molar-refractivity contribution >= 4 is 47.0 Å². The number of anilines is 2. The largest absolute Gasteiger partial charge is 0.345 e. The van der Waals surface area contributed by atoms with E-state index in [1.807, 2.05) is 0 Å². The number of nitrogens with zero attached hydrogens (tertiary/aromatic N) is 4. The average Bonchev–Trinajstić information content (AvgIpc) is 2.60. The van der Waals surface area contributed by atoms with Gasteiger partial charge in [-0.25, -0.2) is 29.0 Å². The fourth-order valence-electron chi connectivity index (χ4n) is 2.65. The number of urea groups is 2. The Morgan fingerprint density at radius 2 is 1.12 bits per heavy atom. The van der Waals surface area contributed by atoms with Crippen molar-refractivity contribution in [2.24, 2.45) is 9.98 Å². The fraction of sp³-hybridized carbons (Fsp3) is 0.111. The molecule has 2 aromatic carbocycles. The number of rotatable bonds is 4. The average molecular weight is 348 g/mol. The molecule has 3 rings (SSSR count). The maximum Gasteiger partial charge on any atom is 0.345 e. The third kappa shape index (κ3) is 2.71. The summed E-state index contributed by atoms with van der Waals surface area (Å²) in [7, 11) is 0. The van der Waals surface area contributed by atoms with Gasteiger partial charge >= 0.3 is 12.1 Å². The second-order valence-corrected chi connectivity index (χ2v) is 5.63. The van der Waals surface area contributed by atoms with Crippen LogP contribution in [0.1, 0.15) is 11.1 Å². The van der Waals surface area contributed by atoms with Crippen LogP contribution in [-0.4, -0.2) is 24.2 Å². The Balaban J connectivity index is 2.02. The fourth-order valence-corrected chi connectivity index (χ4v) is 2.65.